The van der Waals surface area contributed by atoms with E-state index in [9.17, 15) is 18.3 Å². The Hall–Kier alpha value is -2.23. The highest BCUT2D eigenvalue weighted by Gasteiger charge is 2.74. The topological polar surface area (TPSA) is 109 Å². The summed E-state index contributed by atoms with van der Waals surface area (Å²) in [5, 5.41) is 10.5. The Kier molecular flexibility index (Phi) is 5.24. The van der Waals surface area contributed by atoms with Crippen LogP contribution in [0, 0.1) is 0 Å². The van der Waals surface area contributed by atoms with Crippen LogP contribution in [-0.4, -0.2) is 31.6 Å². The van der Waals surface area contributed by atoms with Gasteiger partial charge in [0.25, 0.3) is 10.0 Å². The second-order valence-corrected chi connectivity index (χ2v) is 10.7. The van der Waals surface area contributed by atoms with E-state index in [1.165, 1.54) is 6.07 Å². The van der Waals surface area contributed by atoms with Crippen molar-refractivity contribution in [3.63, 3.8) is 0 Å². The summed E-state index contributed by atoms with van der Waals surface area (Å²) in [6.45, 7) is 0.00625. The Morgan fingerprint density at radius 2 is 1.77 bits per heavy atom. The molecular weight excluding hydrogens is 444 g/mol. The first kappa shape index (κ1) is 21.0. The van der Waals surface area contributed by atoms with Crippen LogP contribution in [0.3, 0.4) is 0 Å². The van der Waals surface area contributed by atoms with Gasteiger partial charge in [-0.05, 0) is 41.8 Å². The molecule has 1 saturated carbocycles. The Bertz CT molecular complexity index is 1200. The van der Waals surface area contributed by atoms with E-state index in [-0.39, 0.29) is 17.2 Å². The van der Waals surface area contributed by atoms with Crippen LogP contribution in [0.5, 0.6) is 0 Å². The molecule has 0 spiro atoms. The number of carboxylic acids is 1. The maximum Gasteiger partial charge on any atom is 0.325 e. The molecule has 1 heterocycles. The molecule has 0 bridgehead atoms. The minimum atomic E-state index is -4.08. The number of carbonyl (C=O) groups is 1. The number of nitrogens with one attached hydrogen (secondary N) is 1. The molecule has 0 saturated heterocycles. The molecule has 1 aromatic heterocycles. The standard InChI is InChI=1S/C21H19ClN2O4S2/c22-16-8-6-14(7-9-16)17-10-11-18(29-17)30(27,28)24-21(19(25)26)12-20(21,13-23)15-4-2-1-3-5-15/h1-11,24H,12-13,23H2,(H,25,26). The van der Waals surface area contributed by atoms with Crippen molar-refractivity contribution in [1.82, 2.24) is 4.72 Å². The summed E-state index contributed by atoms with van der Waals surface area (Å²) < 4.78 is 28.7. The van der Waals surface area contributed by atoms with Gasteiger partial charge in [0.15, 0.2) is 0 Å². The zero-order valence-electron chi connectivity index (χ0n) is 15.7. The van der Waals surface area contributed by atoms with Crippen LogP contribution in [0.1, 0.15) is 12.0 Å². The number of aliphatic carboxylic acids is 1. The first-order valence-electron chi connectivity index (χ1n) is 9.13. The van der Waals surface area contributed by atoms with E-state index in [0.717, 1.165) is 21.8 Å². The molecule has 2 aromatic carbocycles. The largest absolute Gasteiger partial charge is 0.480 e. The predicted octanol–water partition coefficient (Wildman–Crippen LogP) is 3.47. The van der Waals surface area contributed by atoms with Gasteiger partial charge < -0.3 is 10.8 Å². The Labute approximate surface area is 183 Å². The molecule has 0 aliphatic heterocycles. The zero-order valence-corrected chi connectivity index (χ0v) is 18.1. The fourth-order valence-electron chi connectivity index (χ4n) is 3.85. The molecule has 1 aliphatic carbocycles. The van der Waals surface area contributed by atoms with Gasteiger partial charge in [0.1, 0.15) is 9.75 Å². The maximum absolute atomic E-state index is 13.1. The number of carboxylic acid groups (broad SMARTS) is 1. The molecule has 6 nitrogen and oxygen atoms in total. The van der Waals surface area contributed by atoms with Crippen LogP contribution in [0.15, 0.2) is 70.9 Å². The van der Waals surface area contributed by atoms with Crippen molar-refractivity contribution < 1.29 is 18.3 Å². The molecule has 2 unspecified atom stereocenters. The van der Waals surface area contributed by atoms with E-state index in [2.05, 4.69) is 4.72 Å². The number of hydrogen-bond donors (Lipinski definition) is 3. The minimum absolute atomic E-state index is 0.00625. The summed E-state index contributed by atoms with van der Waals surface area (Å²) in [5.74, 6) is -1.24. The van der Waals surface area contributed by atoms with Crippen molar-refractivity contribution >= 4 is 38.9 Å². The van der Waals surface area contributed by atoms with E-state index >= 15 is 0 Å². The lowest BCUT2D eigenvalue weighted by atomic mass is 9.91. The molecule has 3 aromatic rings. The van der Waals surface area contributed by atoms with Gasteiger partial charge >= 0.3 is 5.97 Å². The fraction of sp³-hybridized carbons (Fsp3) is 0.190. The number of halogens is 1. The van der Waals surface area contributed by atoms with E-state index in [1.807, 2.05) is 6.07 Å². The van der Waals surface area contributed by atoms with Gasteiger partial charge in [-0.3, -0.25) is 4.79 Å². The third-order valence-electron chi connectivity index (χ3n) is 5.58. The molecule has 0 amide bonds. The number of sulfonamides is 1. The Balaban J connectivity index is 1.67. The molecular formula is C21H19ClN2O4S2. The third kappa shape index (κ3) is 3.34. The molecule has 4 rings (SSSR count). The summed E-state index contributed by atoms with van der Waals surface area (Å²) in [6, 6.07) is 19.1. The van der Waals surface area contributed by atoms with Crippen molar-refractivity contribution in [2.75, 3.05) is 6.54 Å². The quantitative estimate of drug-likeness (QED) is 0.498. The number of benzene rings is 2. The first-order chi connectivity index (χ1) is 14.2. The highest BCUT2D eigenvalue weighted by atomic mass is 35.5. The first-order valence-corrected chi connectivity index (χ1v) is 11.8. The van der Waals surface area contributed by atoms with Crippen LogP contribution in [0.25, 0.3) is 10.4 Å². The summed E-state index contributed by atoms with van der Waals surface area (Å²) in [6.07, 6.45) is 0.0878. The van der Waals surface area contributed by atoms with E-state index in [0.29, 0.717) is 10.6 Å². The second-order valence-electron chi connectivity index (χ2n) is 7.27. The average molecular weight is 463 g/mol. The molecule has 0 radical (unpaired) electrons. The lowest BCUT2D eigenvalue weighted by Gasteiger charge is -2.23. The van der Waals surface area contributed by atoms with E-state index in [4.69, 9.17) is 17.3 Å². The molecule has 9 heteroatoms. The SMILES string of the molecule is NCC1(c2ccccc2)CC1(NS(=O)(=O)c1ccc(-c2ccc(Cl)cc2)s1)C(=O)O. The van der Waals surface area contributed by atoms with Gasteiger partial charge in [-0.15, -0.1) is 11.3 Å². The molecule has 30 heavy (non-hydrogen) atoms. The highest BCUT2D eigenvalue weighted by Crippen LogP contribution is 2.58. The van der Waals surface area contributed by atoms with Crippen molar-refractivity contribution in [2.45, 2.75) is 21.6 Å². The second kappa shape index (κ2) is 7.47. The van der Waals surface area contributed by atoms with Crippen molar-refractivity contribution in [3.05, 3.63) is 77.3 Å². The minimum Gasteiger partial charge on any atom is -0.480 e. The van der Waals surface area contributed by atoms with Gasteiger partial charge in [0.05, 0.1) is 0 Å². The maximum atomic E-state index is 13.1. The Morgan fingerprint density at radius 1 is 1.10 bits per heavy atom. The van der Waals surface area contributed by atoms with Crippen molar-refractivity contribution in [2.24, 2.45) is 5.73 Å². The van der Waals surface area contributed by atoms with Gasteiger partial charge in [0, 0.05) is 21.9 Å². The van der Waals surface area contributed by atoms with Crippen LogP contribution >= 0.6 is 22.9 Å². The normalized spacial score (nSPS) is 23.3. The van der Waals surface area contributed by atoms with Gasteiger partial charge in [-0.25, -0.2) is 8.42 Å². The van der Waals surface area contributed by atoms with Crippen LogP contribution in [0.2, 0.25) is 5.02 Å². The average Bonchev–Trinajstić information content (AvgIpc) is 3.12. The van der Waals surface area contributed by atoms with Crippen LogP contribution < -0.4 is 10.5 Å². The van der Waals surface area contributed by atoms with Gasteiger partial charge in [-0.1, -0.05) is 54.1 Å². The molecule has 1 aliphatic rings. The van der Waals surface area contributed by atoms with Crippen LogP contribution in [0.4, 0.5) is 0 Å². The lowest BCUT2D eigenvalue weighted by Crippen LogP contribution is -2.50. The fourth-order valence-corrected chi connectivity index (χ4v) is 6.71. The molecule has 1 fully saturated rings. The summed E-state index contributed by atoms with van der Waals surface area (Å²) in [5.41, 5.74) is 4.80. The lowest BCUT2D eigenvalue weighted by molar-refractivity contribution is -0.140. The van der Waals surface area contributed by atoms with E-state index in [1.54, 1.807) is 54.6 Å². The van der Waals surface area contributed by atoms with Crippen LogP contribution in [-0.2, 0) is 20.2 Å². The number of nitrogens with two attached hydrogens (primary N) is 1. The van der Waals surface area contributed by atoms with Crippen molar-refractivity contribution in [1.29, 1.82) is 0 Å². The summed E-state index contributed by atoms with van der Waals surface area (Å²) in [7, 11) is -4.08. The predicted molar refractivity (Wildman–Crippen MR) is 117 cm³/mol. The summed E-state index contributed by atoms with van der Waals surface area (Å²) >= 11 is 6.97. The number of hydrogen-bond acceptors (Lipinski definition) is 5. The third-order valence-corrected chi connectivity index (χ3v) is 8.95. The highest BCUT2D eigenvalue weighted by molar-refractivity contribution is 7.91. The zero-order chi connectivity index (χ0) is 21.6. The van der Waals surface area contributed by atoms with Gasteiger partial charge in [-0.2, -0.15) is 4.72 Å². The molecule has 4 N–H and O–H groups in total. The smallest absolute Gasteiger partial charge is 0.325 e. The monoisotopic (exact) mass is 462 g/mol. The summed E-state index contributed by atoms with van der Waals surface area (Å²) in [4.78, 5) is 12.9. The Morgan fingerprint density at radius 3 is 2.37 bits per heavy atom. The van der Waals surface area contributed by atoms with Gasteiger partial charge in [0.2, 0.25) is 0 Å². The number of rotatable bonds is 7. The van der Waals surface area contributed by atoms with E-state index < -0.39 is 26.9 Å². The van der Waals surface area contributed by atoms with Crippen molar-refractivity contribution in [3.8, 4) is 10.4 Å². The number of thiophene rings is 1. The molecule has 2 atom stereocenters. The molecule has 156 valence electrons.